The summed E-state index contributed by atoms with van der Waals surface area (Å²) < 4.78 is 22.7. The predicted octanol–water partition coefficient (Wildman–Crippen LogP) is 2.10. The summed E-state index contributed by atoms with van der Waals surface area (Å²) in [6.45, 7) is 2.79. The molecule has 12 heteroatoms. The number of nitrogens with one attached hydrogen (secondary N) is 1. The summed E-state index contributed by atoms with van der Waals surface area (Å²) in [5, 5.41) is 36.8. The molecule has 0 amide bonds. The Kier molecular flexibility index (Phi) is 6.17. The number of nitrogens with zero attached hydrogens (tertiary/aromatic N) is 6. The fourth-order valence-corrected chi connectivity index (χ4v) is 4.45. The van der Waals surface area contributed by atoms with Gasteiger partial charge in [0.15, 0.2) is 6.10 Å². The minimum atomic E-state index is -0.854. The summed E-state index contributed by atoms with van der Waals surface area (Å²) in [4.78, 5) is 4.02. The van der Waals surface area contributed by atoms with E-state index in [0.717, 1.165) is 24.9 Å². The van der Waals surface area contributed by atoms with Crippen LogP contribution in [0, 0.1) is 12.7 Å². The Labute approximate surface area is 199 Å². The van der Waals surface area contributed by atoms with Crippen molar-refractivity contribution in [1.82, 2.24) is 34.9 Å². The zero-order valence-corrected chi connectivity index (χ0v) is 19.0. The van der Waals surface area contributed by atoms with E-state index < -0.39 is 18.0 Å². The summed E-state index contributed by atoms with van der Waals surface area (Å²) in [7, 11) is 0. The van der Waals surface area contributed by atoms with Crippen molar-refractivity contribution in [3.05, 3.63) is 59.0 Å². The highest BCUT2D eigenvalue weighted by atomic mass is 35.5. The number of piperidine rings is 1. The Morgan fingerprint density at radius 2 is 2.21 bits per heavy atom. The number of fused-ring (bicyclic) bond motifs is 1. The summed E-state index contributed by atoms with van der Waals surface area (Å²) in [5.74, 6) is -0.137. The molecule has 178 valence electrons. The number of aromatic nitrogens is 6. The maximum Gasteiger partial charge on any atom is 0.163 e. The number of hydrogen-bond acceptors (Lipinski definition) is 8. The Hall–Kier alpha value is -3.12. The third-order valence-electron chi connectivity index (χ3n) is 5.98. The Bertz CT molecular complexity index is 1310. The van der Waals surface area contributed by atoms with Crippen molar-refractivity contribution in [1.29, 1.82) is 0 Å². The van der Waals surface area contributed by atoms with Crippen molar-refractivity contribution < 1.29 is 19.3 Å². The molecular weight excluding hydrogens is 465 g/mol. The van der Waals surface area contributed by atoms with Gasteiger partial charge in [-0.3, -0.25) is 4.98 Å². The largest absolute Gasteiger partial charge is 0.479 e. The number of aliphatic hydroxyl groups is 2. The Morgan fingerprint density at radius 3 is 2.94 bits per heavy atom. The lowest BCUT2D eigenvalue weighted by molar-refractivity contribution is 0.0789. The van der Waals surface area contributed by atoms with Crippen molar-refractivity contribution in [3.63, 3.8) is 0 Å². The number of pyridine rings is 2. The van der Waals surface area contributed by atoms with Crippen LogP contribution in [-0.4, -0.2) is 65.6 Å². The second-order valence-electron chi connectivity index (χ2n) is 8.16. The van der Waals surface area contributed by atoms with Crippen LogP contribution in [0.5, 0.6) is 5.75 Å². The Balaban J connectivity index is 1.55. The molecular formula is C22H23ClFN7O3. The van der Waals surface area contributed by atoms with Gasteiger partial charge in [-0.05, 0) is 38.1 Å². The minimum Gasteiger partial charge on any atom is -0.479 e. The van der Waals surface area contributed by atoms with Gasteiger partial charge in [0.05, 0.1) is 47.6 Å². The van der Waals surface area contributed by atoms with Gasteiger partial charge in [0, 0.05) is 18.3 Å². The number of halogens is 2. The topological polar surface area (TPSA) is 123 Å². The van der Waals surface area contributed by atoms with Gasteiger partial charge in [0.2, 0.25) is 0 Å². The van der Waals surface area contributed by atoms with Crippen LogP contribution in [0.1, 0.15) is 30.0 Å². The zero-order valence-electron chi connectivity index (χ0n) is 18.3. The minimum absolute atomic E-state index is 0.176. The van der Waals surface area contributed by atoms with Crippen LogP contribution in [0.4, 0.5) is 4.39 Å². The molecule has 5 rings (SSSR count). The SMILES string of the molecule is Cc1c(-c2cc(OC(CO)c3ccc(F)cn3)c3c(Cl)cnn3c2)nnn1[C@H]1CCNC[C@@H]1O. The van der Waals surface area contributed by atoms with E-state index in [1.54, 1.807) is 21.5 Å². The quantitative estimate of drug-likeness (QED) is 0.378. The highest BCUT2D eigenvalue weighted by Gasteiger charge is 2.28. The average Bonchev–Trinajstić information content (AvgIpc) is 3.41. The van der Waals surface area contributed by atoms with E-state index in [9.17, 15) is 14.6 Å². The van der Waals surface area contributed by atoms with Crippen LogP contribution in [0.15, 0.2) is 36.8 Å². The number of aliphatic hydroxyl groups excluding tert-OH is 2. The molecule has 34 heavy (non-hydrogen) atoms. The van der Waals surface area contributed by atoms with Gasteiger partial charge in [0.1, 0.15) is 22.8 Å². The molecule has 4 aromatic rings. The van der Waals surface area contributed by atoms with Crippen LogP contribution in [0.25, 0.3) is 16.8 Å². The van der Waals surface area contributed by atoms with Gasteiger partial charge in [0.25, 0.3) is 0 Å². The van der Waals surface area contributed by atoms with Crippen LogP contribution in [0.3, 0.4) is 0 Å². The monoisotopic (exact) mass is 487 g/mol. The van der Waals surface area contributed by atoms with Crippen LogP contribution < -0.4 is 10.1 Å². The molecule has 5 heterocycles. The fraction of sp³-hybridized carbons (Fsp3) is 0.364. The molecule has 1 aliphatic heterocycles. The molecule has 0 aliphatic carbocycles. The first-order valence-electron chi connectivity index (χ1n) is 10.8. The molecule has 3 N–H and O–H groups in total. The number of hydrogen-bond donors (Lipinski definition) is 3. The molecule has 4 aromatic heterocycles. The van der Waals surface area contributed by atoms with Crippen molar-refractivity contribution >= 4 is 17.1 Å². The molecule has 1 unspecified atom stereocenters. The number of β-amino-alcohol motifs (C(OH)–C–C–N with tert-alkyl or cyclic N) is 1. The first-order valence-corrected chi connectivity index (χ1v) is 11.2. The normalized spacial score (nSPS) is 19.4. The molecule has 0 spiro atoms. The highest BCUT2D eigenvalue weighted by Crippen LogP contribution is 2.35. The molecule has 0 bridgehead atoms. The van der Waals surface area contributed by atoms with Gasteiger partial charge < -0.3 is 20.3 Å². The second kappa shape index (κ2) is 9.26. The third kappa shape index (κ3) is 4.11. The maximum atomic E-state index is 13.3. The molecule has 0 aromatic carbocycles. The van der Waals surface area contributed by atoms with Crippen LogP contribution in [-0.2, 0) is 0 Å². The van der Waals surface area contributed by atoms with Crippen molar-refractivity contribution in [3.8, 4) is 17.0 Å². The molecule has 10 nitrogen and oxygen atoms in total. The average molecular weight is 488 g/mol. The van der Waals surface area contributed by atoms with Crippen molar-refractivity contribution in [2.24, 2.45) is 0 Å². The van der Waals surface area contributed by atoms with Crippen LogP contribution in [0.2, 0.25) is 5.02 Å². The van der Waals surface area contributed by atoms with Gasteiger partial charge in [-0.1, -0.05) is 16.8 Å². The summed E-state index contributed by atoms with van der Waals surface area (Å²) in [5.41, 5.74) is 2.92. The molecule has 0 saturated carbocycles. The maximum absolute atomic E-state index is 13.3. The second-order valence-corrected chi connectivity index (χ2v) is 8.57. The van der Waals surface area contributed by atoms with E-state index in [1.165, 1.54) is 18.3 Å². The lowest BCUT2D eigenvalue weighted by Gasteiger charge is -2.28. The third-order valence-corrected chi connectivity index (χ3v) is 6.25. The van der Waals surface area contributed by atoms with E-state index >= 15 is 0 Å². The first kappa shape index (κ1) is 22.7. The Morgan fingerprint density at radius 1 is 1.35 bits per heavy atom. The molecule has 1 saturated heterocycles. The standard InChI is InChI=1S/C22H23ClFN7O3/c1-12-21(28-29-31(12)17-4-5-25-9-18(17)33)13-6-19(22-15(23)8-27-30(22)10-13)34-20(11-32)16-3-2-14(24)7-26-16/h2-3,6-8,10,17-18,20,25,32-33H,4-5,9,11H2,1H3/t17-,18-,20?/m0/s1. The molecule has 1 aliphatic rings. The van der Waals surface area contributed by atoms with Crippen molar-refractivity contribution in [2.75, 3.05) is 19.7 Å². The first-order chi connectivity index (χ1) is 16.5. The van der Waals surface area contributed by atoms with E-state index in [-0.39, 0.29) is 12.6 Å². The van der Waals surface area contributed by atoms with Gasteiger partial charge >= 0.3 is 0 Å². The zero-order chi connectivity index (χ0) is 23.8. The number of rotatable bonds is 6. The van der Waals surface area contributed by atoms with Gasteiger partial charge in [-0.15, -0.1) is 5.10 Å². The molecule has 3 atom stereocenters. The molecule has 1 fully saturated rings. The summed E-state index contributed by atoms with van der Waals surface area (Å²) in [6.07, 6.45) is 3.63. The fourth-order valence-electron chi connectivity index (χ4n) is 4.23. The summed E-state index contributed by atoms with van der Waals surface area (Å²) in [6, 6.07) is 4.28. The van der Waals surface area contributed by atoms with E-state index in [1.807, 2.05) is 6.92 Å². The van der Waals surface area contributed by atoms with Gasteiger partial charge in [-0.2, -0.15) is 5.10 Å². The smallest absolute Gasteiger partial charge is 0.163 e. The van der Waals surface area contributed by atoms with Gasteiger partial charge in [-0.25, -0.2) is 13.6 Å². The van der Waals surface area contributed by atoms with E-state index in [2.05, 4.69) is 25.7 Å². The lowest BCUT2D eigenvalue weighted by atomic mass is 10.0. The van der Waals surface area contributed by atoms with E-state index in [4.69, 9.17) is 16.3 Å². The predicted molar refractivity (Wildman–Crippen MR) is 121 cm³/mol. The highest BCUT2D eigenvalue weighted by molar-refractivity contribution is 6.34. The summed E-state index contributed by atoms with van der Waals surface area (Å²) >= 11 is 6.37. The molecule has 0 radical (unpaired) electrons. The number of ether oxygens (including phenoxy) is 1. The van der Waals surface area contributed by atoms with Crippen LogP contribution >= 0.6 is 11.6 Å². The van der Waals surface area contributed by atoms with E-state index in [0.29, 0.717) is 39.8 Å². The van der Waals surface area contributed by atoms with Crippen molar-refractivity contribution in [2.45, 2.75) is 31.6 Å². The lowest BCUT2D eigenvalue weighted by Crippen LogP contribution is -2.42.